The Morgan fingerprint density at radius 3 is 2.26 bits per heavy atom. The molecule has 5 nitrogen and oxygen atoms in total. The van der Waals surface area contributed by atoms with Crippen LogP contribution in [0.1, 0.15) is 172 Å². The predicted octanol–water partition coefficient (Wildman–Crippen LogP) is 13.5. The molecular formula is C52H73ClO5. The summed E-state index contributed by atoms with van der Waals surface area (Å²) in [5, 5.41) is 0.747. The first-order valence-corrected chi connectivity index (χ1v) is 23.4. The number of fused-ring (bicyclic) bond motifs is 9. The van der Waals surface area contributed by atoms with E-state index in [1.165, 1.54) is 44.9 Å². The second kappa shape index (κ2) is 13.8. The van der Waals surface area contributed by atoms with Crippen molar-refractivity contribution in [2.24, 2.45) is 62.1 Å². The molecular weight excluding hydrogens is 740 g/mol. The average Bonchev–Trinajstić information content (AvgIpc) is 3.72. The molecule has 0 aromatic heterocycles. The molecule has 6 aliphatic carbocycles. The summed E-state index contributed by atoms with van der Waals surface area (Å²) in [4.78, 5) is 26.6. The van der Waals surface area contributed by atoms with E-state index in [0.29, 0.717) is 29.6 Å². The van der Waals surface area contributed by atoms with Crippen molar-refractivity contribution in [1.82, 2.24) is 0 Å². The molecule has 0 radical (unpaired) electrons. The molecule has 1 heterocycles. The van der Waals surface area contributed by atoms with E-state index in [0.717, 1.165) is 48.4 Å². The Kier molecular flexibility index (Phi) is 10.0. The number of carbonyl (C=O) groups excluding carboxylic acids is 2. The molecule has 8 rings (SSSR count). The molecule has 58 heavy (non-hydrogen) atoms. The highest BCUT2D eigenvalue weighted by molar-refractivity contribution is 6.30. The third-order valence-corrected chi connectivity index (χ3v) is 18.6. The van der Waals surface area contributed by atoms with Crippen molar-refractivity contribution < 1.29 is 23.8 Å². The normalized spacial score (nSPS) is 40.2. The van der Waals surface area contributed by atoms with Gasteiger partial charge in [-0.05, 0) is 182 Å². The Bertz CT molecular complexity index is 1940. The first kappa shape index (κ1) is 42.2. The molecule has 1 aromatic rings. The van der Waals surface area contributed by atoms with E-state index in [1.54, 1.807) is 19.4 Å². The fourth-order valence-corrected chi connectivity index (χ4v) is 15.3. The maximum absolute atomic E-state index is 13.6. The van der Waals surface area contributed by atoms with E-state index < -0.39 is 11.0 Å². The van der Waals surface area contributed by atoms with E-state index in [-0.39, 0.29) is 57.1 Å². The summed E-state index contributed by atoms with van der Waals surface area (Å²) in [7, 11) is 0. The molecule has 0 saturated heterocycles. The lowest BCUT2D eigenvalue weighted by molar-refractivity contribution is -0.236. The smallest absolute Gasteiger partial charge is 0.312 e. The fourth-order valence-electron chi connectivity index (χ4n) is 15.2. The second-order valence-corrected chi connectivity index (χ2v) is 23.9. The number of allylic oxidation sites excluding steroid dienone is 2. The summed E-state index contributed by atoms with van der Waals surface area (Å²) in [6.07, 6.45) is 16.0. The van der Waals surface area contributed by atoms with Gasteiger partial charge >= 0.3 is 11.9 Å². The Morgan fingerprint density at radius 1 is 0.879 bits per heavy atom. The number of benzene rings is 1. The number of rotatable bonds is 7. The quantitative estimate of drug-likeness (QED) is 0.156. The van der Waals surface area contributed by atoms with Crippen LogP contribution in [0.2, 0.25) is 5.02 Å². The van der Waals surface area contributed by atoms with Crippen LogP contribution in [0.5, 0.6) is 0 Å². The van der Waals surface area contributed by atoms with Crippen LogP contribution in [-0.2, 0) is 23.8 Å². The zero-order chi connectivity index (χ0) is 42.1. The van der Waals surface area contributed by atoms with Gasteiger partial charge in [-0.1, -0.05) is 76.9 Å². The van der Waals surface area contributed by atoms with E-state index in [4.69, 9.17) is 25.8 Å². The van der Waals surface area contributed by atoms with Crippen molar-refractivity contribution in [3.05, 3.63) is 57.8 Å². The van der Waals surface area contributed by atoms with Gasteiger partial charge in [-0.15, -0.1) is 0 Å². The van der Waals surface area contributed by atoms with Crippen molar-refractivity contribution in [3.8, 4) is 0 Å². The molecule has 318 valence electrons. The van der Waals surface area contributed by atoms with Crippen molar-refractivity contribution in [2.45, 2.75) is 184 Å². The molecule has 0 spiro atoms. The number of hydrogen-bond acceptors (Lipinski definition) is 5. The summed E-state index contributed by atoms with van der Waals surface area (Å²) in [6.45, 7) is 26.9. The van der Waals surface area contributed by atoms with Gasteiger partial charge in [-0.25, -0.2) is 0 Å². The van der Waals surface area contributed by atoms with Crippen LogP contribution in [0, 0.1) is 62.1 Å². The van der Waals surface area contributed by atoms with Crippen LogP contribution in [0.25, 0.3) is 5.76 Å². The molecule has 6 heteroatoms. The largest absolute Gasteiger partial charge is 0.478 e. The molecule has 2 unspecified atom stereocenters. The van der Waals surface area contributed by atoms with Gasteiger partial charge in [-0.3, -0.25) is 9.59 Å². The fraction of sp³-hybridized carbons (Fsp3) is 0.750. The molecule has 1 aromatic carbocycles. The van der Waals surface area contributed by atoms with E-state index in [9.17, 15) is 9.59 Å². The van der Waals surface area contributed by atoms with E-state index in [1.807, 2.05) is 38.5 Å². The molecule has 1 aliphatic heterocycles. The molecule has 10 atom stereocenters. The van der Waals surface area contributed by atoms with Gasteiger partial charge in [0, 0.05) is 27.3 Å². The van der Waals surface area contributed by atoms with Crippen LogP contribution in [0.3, 0.4) is 0 Å². The van der Waals surface area contributed by atoms with Crippen molar-refractivity contribution in [1.29, 1.82) is 0 Å². The van der Waals surface area contributed by atoms with Crippen molar-refractivity contribution >= 4 is 29.3 Å². The summed E-state index contributed by atoms with van der Waals surface area (Å²) in [5.74, 6) is 2.97. The highest BCUT2D eigenvalue weighted by atomic mass is 35.5. The van der Waals surface area contributed by atoms with E-state index >= 15 is 0 Å². The van der Waals surface area contributed by atoms with Gasteiger partial charge in [0.05, 0.1) is 11.8 Å². The monoisotopic (exact) mass is 813 g/mol. The Balaban J connectivity index is 1.05. The zero-order valence-electron chi connectivity index (χ0n) is 38.0. The van der Waals surface area contributed by atoms with E-state index in [2.05, 4.69) is 72.4 Å². The summed E-state index contributed by atoms with van der Waals surface area (Å²) in [6, 6.07) is 8.15. The maximum Gasteiger partial charge on any atom is 0.312 e. The minimum atomic E-state index is -0.949. The second-order valence-electron chi connectivity index (χ2n) is 23.5. The molecule has 7 aliphatic rings. The highest BCUT2D eigenvalue weighted by Gasteiger charge is 2.76. The molecule has 5 saturated carbocycles. The highest BCUT2D eigenvalue weighted by Crippen LogP contribution is 2.80. The van der Waals surface area contributed by atoms with Gasteiger partial charge in [0.2, 0.25) is 0 Å². The number of carbonyl (C=O) groups is 2. The lowest BCUT2D eigenvalue weighted by Crippen LogP contribution is -2.66. The lowest BCUT2D eigenvalue weighted by Gasteiger charge is -2.72. The third-order valence-electron chi connectivity index (χ3n) is 18.3. The van der Waals surface area contributed by atoms with Gasteiger partial charge in [-0.2, -0.15) is 0 Å². The van der Waals surface area contributed by atoms with Crippen LogP contribution < -0.4 is 0 Å². The Hall–Kier alpha value is -2.49. The number of hydrogen-bond donors (Lipinski definition) is 0. The maximum atomic E-state index is 13.6. The number of esters is 2. The van der Waals surface area contributed by atoms with Gasteiger partial charge in [0.25, 0.3) is 0 Å². The summed E-state index contributed by atoms with van der Waals surface area (Å²) < 4.78 is 19.5. The van der Waals surface area contributed by atoms with Crippen LogP contribution in [0.15, 0.2) is 47.2 Å². The van der Waals surface area contributed by atoms with Crippen LogP contribution >= 0.6 is 11.6 Å². The Labute approximate surface area is 355 Å². The number of halogens is 1. The molecule has 5 fully saturated rings. The third kappa shape index (κ3) is 6.26. The van der Waals surface area contributed by atoms with Crippen LogP contribution in [0.4, 0.5) is 0 Å². The van der Waals surface area contributed by atoms with Crippen molar-refractivity contribution in [2.75, 3.05) is 0 Å². The first-order chi connectivity index (χ1) is 26.9. The van der Waals surface area contributed by atoms with Gasteiger partial charge < -0.3 is 14.2 Å². The summed E-state index contributed by atoms with van der Waals surface area (Å²) >= 11 is 6.34. The average molecular weight is 814 g/mol. The SMILES string of the molecule is CC(C)C1=C2[C@H]3CC[C@@H]4[C@@]5(C)CC[C@H](OC(=O)CC(C)(C)C(=O)OC(C)(C)C)C(C)(C)[C@@H]5CC[C@@]4(C)[C@]3(C)CC[C@@]2(C23CC2CC=C=C(c2ccc(Cl)cc2)O3)CC1. The molecule has 0 N–H and O–H groups in total. The van der Waals surface area contributed by atoms with Gasteiger partial charge in [0.1, 0.15) is 17.3 Å². The standard InChI is InChI=1S/C52H73ClO5/c1-32(2)36-22-27-51(52-30-34(52)14-13-15-38(57-52)33-16-18-35(53)19-17-33)29-28-49(11)37(43(36)51)20-21-40-48(10)25-24-41(47(8,9)39(48)23-26-50(40,49)12)56-42(54)31-46(6,7)44(55)58-45(3,4)5/h13,16-19,32,34,37,39-41H,14,20-31H2,1-12H3/t34?,37-,39+,40-,41+,48+,49-,50-,51+,52?/m1/s1. The lowest BCUT2D eigenvalue weighted by atomic mass is 9.32. The number of ether oxygens (including phenoxy) is 3. The minimum absolute atomic E-state index is 0.0227. The minimum Gasteiger partial charge on any atom is -0.478 e. The molecule has 0 bridgehead atoms. The van der Waals surface area contributed by atoms with Gasteiger partial charge in [0.15, 0.2) is 5.76 Å². The van der Waals surface area contributed by atoms with Crippen LogP contribution in [-0.4, -0.2) is 29.2 Å². The van der Waals surface area contributed by atoms with Crippen molar-refractivity contribution in [3.63, 3.8) is 0 Å². The zero-order valence-corrected chi connectivity index (χ0v) is 38.7. The first-order valence-electron chi connectivity index (χ1n) is 23.0. The molecule has 0 amide bonds. The summed E-state index contributed by atoms with van der Waals surface area (Å²) in [5.41, 5.74) is 7.00. The topological polar surface area (TPSA) is 61.8 Å². The Morgan fingerprint density at radius 2 is 1.59 bits per heavy atom. The predicted molar refractivity (Wildman–Crippen MR) is 233 cm³/mol.